The molecule has 0 atom stereocenters. The number of ether oxygens (including phenoxy) is 1. The zero-order valence-electron chi connectivity index (χ0n) is 23.2. The van der Waals surface area contributed by atoms with E-state index in [0.29, 0.717) is 34.0 Å². The van der Waals surface area contributed by atoms with Gasteiger partial charge < -0.3 is 15.4 Å². The lowest BCUT2D eigenvalue weighted by Gasteiger charge is -2.14. The number of anilines is 1. The van der Waals surface area contributed by atoms with Crippen molar-refractivity contribution in [1.29, 1.82) is 0 Å². The molecule has 0 bridgehead atoms. The summed E-state index contributed by atoms with van der Waals surface area (Å²) >= 11 is 0. The lowest BCUT2D eigenvalue weighted by molar-refractivity contribution is -0.112. The molecule has 0 heterocycles. The first-order valence-electron chi connectivity index (χ1n) is 12.7. The van der Waals surface area contributed by atoms with Crippen LogP contribution in [0.4, 0.5) is 5.69 Å². The van der Waals surface area contributed by atoms with Crippen molar-refractivity contribution in [3.8, 4) is 0 Å². The Morgan fingerprint density at radius 3 is 2.36 bits per heavy atom. The van der Waals surface area contributed by atoms with Gasteiger partial charge in [-0.15, -0.1) is 0 Å². The van der Waals surface area contributed by atoms with Crippen LogP contribution in [0.15, 0.2) is 119 Å². The van der Waals surface area contributed by atoms with Gasteiger partial charge in [0.2, 0.25) is 0 Å². The van der Waals surface area contributed by atoms with Crippen LogP contribution in [0, 0.1) is 6.92 Å². The van der Waals surface area contributed by atoms with Gasteiger partial charge >= 0.3 is 0 Å². The van der Waals surface area contributed by atoms with E-state index < -0.39 is 0 Å². The summed E-state index contributed by atoms with van der Waals surface area (Å²) in [5, 5.41) is 5.77. The van der Waals surface area contributed by atoms with Crippen LogP contribution in [0.1, 0.15) is 49.2 Å². The molecule has 0 fully saturated rings. The van der Waals surface area contributed by atoms with Crippen LogP contribution in [0.2, 0.25) is 0 Å². The van der Waals surface area contributed by atoms with E-state index in [1.807, 2.05) is 76.3 Å². The highest BCUT2D eigenvalue weighted by molar-refractivity contribution is 6.19. The van der Waals surface area contributed by atoms with Gasteiger partial charge in [0.15, 0.2) is 0 Å². The van der Waals surface area contributed by atoms with Gasteiger partial charge in [-0.1, -0.05) is 55.1 Å². The molecule has 3 rings (SSSR count). The number of benzene rings is 2. The summed E-state index contributed by atoms with van der Waals surface area (Å²) in [4.78, 5) is 30.4. The molecule has 2 N–H and O–H groups in total. The van der Waals surface area contributed by atoms with Crippen LogP contribution in [0.25, 0.3) is 5.70 Å². The maximum atomic E-state index is 13.1. The number of amides is 2. The number of nitrogens with one attached hydrogen (secondary N) is 2. The summed E-state index contributed by atoms with van der Waals surface area (Å²) in [7, 11) is 0. The molecule has 1 aliphatic rings. The Morgan fingerprint density at radius 2 is 1.69 bits per heavy atom. The second kappa shape index (κ2) is 13.7. The molecule has 0 unspecified atom stereocenters. The Kier molecular flexibility index (Phi) is 10.2. The molecule has 6 heteroatoms. The van der Waals surface area contributed by atoms with Gasteiger partial charge in [-0.3, -0.25) is 9.59 Å². The van der Waals surface area contributed by atoms with Crippen LogP contribution in [0.5, 0.6) is 0 Å². The third-order valence-corrected chi connectivity index (χ3v) is 6.08. The SMILES string of the molecule is C=C(N=C1C=CC=C/C1=C(/C)C(=O)Nc1ccc(C(=O)NCC(O/C=C\C)=C(C)C)cc1)c1ccccc1C. The molecule has 200 valence electrons. The Labute approximate surface area is 230 Å². The first-order chi connectivity index (χ1) is 18.7. The van der Waals surface area contributed by atoms with Crippen LogP contribution >= 0.6 is 0 Å². The smallest absolute Gasteiger partial charge is 0.251 e. The van der Waals surface area contributed by atoms with Gasteiger partial charge in [-0.25, -0.2) is 4.99 Å². The van der Waals surface area contributed by atoms with Gasteiger partial charge in [-0.2, -0.15) is 0 Å². The van der Waals surface area contributed by atoms with E-state index in [0.717, 1.165) is 22.3 Å². The monoisotopic (exact) mass is 521 g/mol. The number of allylic oxidation sites excluding steroid dienone is 7. The Bertz CT molecular complexity index is 1430. The molecule has 2 aromatic rings. The molecule has 1 aliphatic carbocycles. The van der Waals surface area contributed by atoms with E-state index in [2.05, 4.69) is 17.2 Å². The van der Waals surface area contributed by atoms with Crippen molar-refractivity contribution in [2.75, 3.05) is 11.9 Å². The van der Waals surface area contributed by atoms with Crippen LogP contribution in [0.3, 0.4) is 0 Å². The number of hydrogen-bond acceptors (Lipinski definition) is 4. The van der Waals surface area contributed by atoms with E-state index in [4.69, 9.17) is 9.73 Å². The summed E-state index contributed by atoms with van der Waals surface area (Å²) in [6, 6.07) is 14.7. The molecular formula is C33H35N3O3. The van der Waals surface area contributed by atoms with E-state index >= 15 is 0 Å². The zero-order chi connectivity index (χ0) is 28.4. The zero-order valence-corrected chi connectivity index (χ0v) is 23.2. The van der Waals surface area contributed by atoms with Crippen LogP contribution in [-0.2, 0) is 9.53 Å². The van der Waals surface area contributed by atoms with Crippen molar-refractivity contribution in [2.45, 2.75) is 34.6 Å². The Balaban J connectivity index is 1.70. The number of aliphatic imine (C=N–C) groups is 1. The van der Waals surface area contributed by atoms with Gasteiger partial charge in [0.05, 0.1) is 24.2 Å². The van der Waals surface area contributed by atoms with E-state index in [9.17, 15) is 9.59 Å². The van der Waals surface area contributed by atoms with Gasteiger partial charge in [0.1, 0.15) is 5.76 Å². The first kappa shape index (κ1) is 28.9. The largest absolute Gasteiger partial charge is 0.468 e. The lowest BCUT2D eigenvalue weighted by Crippen LogP contribution is -2.26. The maximum absolute atomic E-state index is 13.1. The molecule has 0 saturated carbocycles. The second-order valence-corrected chi connectivity index (χ2v) is 9.24. The molecule has 2 amide bonds. The van der Waals surface area contributed by atoms with Crippen LogP contribution < -0.4 is 10.6 Å². The second-order valence-electron chi connectivity index (χ2n) is 9.24. The third kappa shape index (κ3) is 7.89. The average Bonchev–Trinajstić information content (AvgIpc) is 2.93. The molecule has 0 aliphatic heterocycles. The first-order valence-corrected chi connectivity index (χ1v) is 12.7. The fraction of sp³-hybridized carbons (Fsp3) is 0.182. The molecule has 0 saturated heterocycles. The lowest BCUT2D eigenvalue weighted by atomic mass is 9.98. The van der Waals surface area contributed by atoms with Crippen LogP contribution in [-0.4, -0.2) is 24.1 Å². The highest BCUT2D eigenvalue weighted by Gasteiger charge is 2.16. The van der Waals surface area contributed by atoms with Crippen molar-refractivity contribution in [3.05, 3.63) is 131 Å². The molecule has 39 heavy (non-hydrogen) atoms. The minimum Gasteiger partial charge on any atom is -0.468 e. The quantitative estimate of drug-likeness (QED) is 0.274. The van der Waals surface area contributed by atoms with Gasteiger partial charge in [0, 0.05) is 28.0 Å². The predicted octanol–water partition coefficient (Wildman–Crippen LogP) is 7.06. The molecule has 0 aromatic heterocycles. The number of carbonyl (C=O) groups excluding carboxylic acids is 2. The van der Waals surface area contributed by atoms with Gasteiger partial charge in [0.25, 0.3) is 11.8 Å². The molecule has 0 spiro atoms. The number of aryl methyl sites for hydroxylation is 1. The Morgan fingerprint density at radius 1 is 1.00 bits per heavy atom. The van der Waals surface area contributed by atoms with Crippen molar-refractivity contribution in [3.63, 3.8) is 0 Å². The van der Waals surface area contributed by atoms with Crippen molar-refractivity contribution >= 4 is 28.9 Å². The number of hydrogen-bond donors (Lipinski definition) is 2. The standard InChI is InChI=1S/C33H35N3O3/c1-7-20-39-31(22(2)3)21-34-33(38)26-16-18-27(19-17-26)36-32(37)24(5)29-14-10-11-15-30(29)35-25(6)28-13-9-8-12-23(28)4/h7-20H,6,21H2,1-5H3,(H,34,38)(H,36,37)/b20-7-,29-24+,35-30?. The van der Waals surface area contributed by atoms with E-state index in [1.165, 1.54) is 0 Å². The number of rotatable bonds is 9. The fourth-order valence-corrected chi connectivity index (χ4v) is 3.79. The number of carbonyl (C=O) groups is 2. The average molecular weight is 522 g/mol. The summed E-state index contributed by atoms with van der Waals surface area (Å²) < 4.78 is 5.54. The summed E-state index contributed by atoms with van der Waals surface area (Å²) in [6.07, 6.45) is 10.9. The minimum atomic E-state index is -0.259. The normalized spacial score (nSPS) is 14.7. The molecular weight excluding hydrogens is 486 g/mol. The highest BCUT2D eigenvalue weighted by atomic mass is 16.5. The topological polar surface area (TPSA) is 79.8 Å². The van der Waals surface area contributed by atoms with Gasteiger partial charge in [-0.05, 0) is 76.1 Å². The molecule has 6 nitrogen and oxygen atoms in total. The van der Waals surface area contributed by atoms with Crippen molar-refractivity contribution in [1.82, 2.24) is 5.32 Å². The summed E-state index contributed by atoms with van der Waals surface area (Å²) in [6.45, 7) is 13.9. The van der Waals surface area contributed by atoms with Crippen molar-refractivity contribution in [2.24, 2.45) is 4.99 Å². The summed E-state index contributed by atoms with van der Waals surface area (Å²) in [5.74, 6) is 0.194. The Hall–Kier alpha value is -4.71. The number of nitrogens with zero attached hydrogens (tertiary/aromatic N) is 1. The highest BCUT2D eigenvalue weighted by Crippen LogP contribution is 2.23. The molecule has 0 radical (unpaired) electrons. The minimum absolute atomic E-state index is 0.233. The van der Waals surface area contributed by atoms with E-state index in [-0.39, 0.29) is 18.4 Å². The maximum Gasteiger partial charge on any atom is 0.251 e. The molecule has 2 aromatic carbocycles. The third-order valence-electron chi connectivity index (χ3n) is 6.08. The predicted molar refractivity (Wildman–Crippen MR) is 160 cm³/mol. The fourth-order valence-electron chi connectivity index (χ4n) is 3.79. The van der Waals surface area contributed by atoms with Crippen molar-refractivity contribution < 1.29 is 14.3 Å². The van der Waals surface area contributed by atoms with E-state index in [1.54, 1.807) is 43.5 Å². The summed E-state index contributed by atoms with van der Waals surface area (Å²) in [5.41, 5.74) is 6.61.